The number of aromatic nitrogens is 3. The summed E-state index contributed by atoms with van der Waals surface area (Å²) in [5.74, 6) is 0. The highest BCUT2D eigenvalue weighted by Gasteiger charge is 2.57. The van der Waals surface area contributed by atoms with Crippen molar-refractivity contribution in [2.24, 2.45) is 0 Å². The Balaban J connectivity index is 2.20. The molecule has 2 aromatic heterocycles. The zero-order valence-electron chi connectivity index (χ0n) is 11.2. The number of fused-ring (bicyclic) bond motifs is 1. The maximum atomic E-state index is 10.3. The van der Waals surface area contributed by atoms with Gasteiger partial charge in [-0.3, -0.25) is 4.40 Å². The van der Waals surface area contributed by atoms with Crippen molar-refractivity contribution < 1.29 is 20.1 Å². The van der Waals surface area contributed by atoms with Gasteiger partial charge in [0.25, 0.3) is 0 Å². The zero-order chi connectivity index (χ0) is 15.2. The van der Waals surface area contributed by atoms with Crippen LogP contribution in [0.5, 0.6) is 0 Å². The Morgan fingerprint density at radius 2 is 2.24 bits per heavy atom. The van der Waals surface area contributed by atoms with Crippen LogP contribution < -0.4 is 0 Å². The van der Waals surface area contributed by atoms with Gasteiger partial charge in [-0.15, -0.1) is 5.10 Å². The van der Waals surface area contributed by atoms with Crippen molar-refractivity contribution in [1.82, 2.24) is 14.6 Å². The van der Waals surface area contributed by atoms with Gasteiger partial charge >= 0.3 is 0 Å². The Morgan fingerprint density at radius 3 is 2.86 bits per heavy atom. The molecule has 3 heterocycles. The maximum Gasteiger partial charge on any atom is 0.223 e. The van der Waals surface area contributed by atoms with Crippen LogP contribution in [-0.2, 0) is 10.3 Å². The van der Waals surface area contributed by atoms with E-state index in [1.165, 1.54) is 6.33 Å². The number of hydrogen-bond acceptors (Lipinski definition) is 7. The molecule has 0 amide bonds. The van der Waals surface area contributed by atoms with Crippen LogP contribution in [0.4, 0.5) is 0 Å². The number of aliphatic hydroxyl groups is 3. The lowest BCUT2D eigenvalue weighted by molar-refractivity contribution is -0.0638. The van der Waals surface area contributed by atoms with Gasteiger partial charge in [0.2, 0.25) is 5.60 Å². The van der Waals surface area contributed by atoms with Gasteiger partial charge in [0, 0.05) is 0 Å². The first-order valence-corrected chi connectivity index (χ1v) is 6.41. The van der Waals surface area contributed by atoms with Crippen molar-refractivity contribution in [3.63, 3.8) is 0 Å². The molecule has 0 spiro atoms. The van der Waals surface area contributed by atoms with Crippen LogP contribution in [0.15, 0.2) is 18.5 Å². The van der Waals surface area contributed by atoms with Crippen molar-refractivity contribution in [3.05, 3.63) is 29.8 Å². The average molecular weight is 290 g/mol. The first-order chi connectivity index (χ1) is 10.0. The molecule has 8 heteroatoms. The van der Waals surface area contributed by atoms with Crippen LogP contribution in [0.2, 0.25) is 0 Å². The molecular weight excluding hydrogens is 276 g/mol. The minimum Gasteiger partial charge on any atom is -0.394 e. The van der Waals surface area contributed by atoms with E-state index in [1.54, 1.807) is 23.5 Å². The lowest BCUT2D eigenvalue weighted by Crippen LogP contribution is -2.40. The summed E-state index contributed by atoms with van der Waals surface area (Å²) in [6, 6.07) is 5.27. The number of ether oxygens (including phenoxy) is 1. The minimum absolute atomic E-state index is 0.334. The van der Waals surface area contributed by atoms with E-state index in [2.05, 4.69) is 10.2 Å². The molecule has 21 heavy (non-hydrogen) atoms. The molecule has 8 nitrogen and oxygen atoms in total. The van der Waals surface area contributed by atoms with Crippen LogP contribution >= 0.6 is 0 Å². The van der Waals surface area contributed by atoms with Gasteiger partial charge in [0.1, 0.15) is 30.7 Å². The molecule has 1 fully saturated rings. The number of aliphatic hydroxyl groups excluding tert-OH is 3. The predicted octanol–water partition coefficient (Wildman–Crippen LogP) is -1.13. The summed E-state index contributed by atoms with van der Waals surface area (Å²) in [5, 5.41) is 46.7. The Labute approximate surface area is 119 Å². The molecule has 1 aliphatic rings. The molecular formula is C13H14N4O4. The second kappa shape index (κ2) is 4.75. The van der Waals surface area contributed by atoms with Crippen molar-refractivity contribution in [2.75, 3.05) is 6.61 Å². The molecule has 1 aliphatic heterocycles. The number of aryl methyl sites for hydroxylation is 1. The van der Waals surface area contributed by atoms with Crippen molar-refractivity contribution in [1.29, 1.82) is 5.26 Å². The third kappa shape index (κ3) is 1.76. The summed E-state index contributed by atoms with van der Waals surface area (Å²) < 4.78 is 7.07. The Kier molecular flexibility index (Phi) is 3.15. The Bertz CT molecular complexity index is 725. The third-order valence-electron chi connectivity index (χ3n) is 3.85. The number of hydrogen-bond donors (Lipinski definition) is 3. The van der Waals surface area contributed by atoms with Gasteiger partial charge in [-0.1, -0.05) is 0 Å². The van der Waals surface area contributed by atoms with Gasteiger partial charge in [-0.2, -0.15) is 10.4 Å². The molecule has 4 atom stereocenters. The smallest absolute Gasteiger partial charge is 0.223 e. The van der Waals surface area contributed by atoms with E-state index in [9.17, 15) is 20.6 Å². The Morgan fingerprint density at radius 1 is 1.48 bits per heavy atom. The van der Waals surface area contributed by atoms with E-state index in [4.69, 9.17) is 4.74 Å². The normalized spacial score (nSPS) is 32.4. The van der Waals surface area contributed by atoms with Gasteiger partial charge < -0.3 is 20.1 Å². The van der Waals surface area contributed by atoms with E-state index in [-0.39, 0.29) is 0 Å². The predicted molar refractivity (Wildman–Crippen MR) is 69.0 cm³/mol. The second-order valence-corrected chi connectivity index (χ2v) is 5.01. The van der Waals surface area contributed by atoms with Crippen LogP contribution in [0.1, 0.15) is 11.4 Å². The topological polar surface area (TPSA) is 124 Å². The number of rotatable bonds is 2. The van der Waals surface area contributed by atoms with Gasteiger partial charge in [-0.25, -0.2) is 0 Å². The summed E-state index contributed by atoms with van der Waals surface area (Å²) >= 11 is 0. The minimum atomic E-state index is -1.77. The van der Waals surface area contributed by atoms with E-state index in [0.29, 0.717) is 16.9 Å². The highest BCUT2D eigenvalue weighted by molar-refractivity contribution is 5.54. The summed E-state index contributed by atoms with van der Waals surface area (Å²) in [6.45, 7) is 1.27. The first-order valence-electron chi connectivity index (χ1n) is 6.41. The van der Waals surface area contributed by atoms with Crippen LogP contribution in [0.25, 0.3) is 5.52 Å². The van der Waals surface area contributed by atoms with Crippen LogP contribution in [-0.4, -0.2) is 54.8 Å². The molecule has 3 N–H and O–H groups in total. The first kappa shape index (κ1) is 13.9. The molecule has 0 saturated carbocycles. The molecule has 110 valence electrons. The maximum absolute atomic E-state index is 10.3. The summed E-state index contributed by atoms with van der Waals surface area (Å²) in [7, 11) is 0. The summed E-state index contributed by atoms with van der Waals surface area (Å²) in [6.07, 6.45) is -2.45. The highest BCUT2D eigenvalue weighted by Crippen LogP contribution is 2.40. The standard InChI is InChI=1S/C13H14N4O4/c1-7-8-2-3-10(17(8)6-15-16-7)13(5-14)12(20)11(19)9(4-18)21-13/h2-3,6,9,11-12,18-20H,4H2,1H3/t9-,11-,12-,13+/m1/s1. The molecule has 1 saturated heterocycles. The number of nitrogens with zero attached hydrogens (tertiary/aromatic N) is 4. The van der Waals surface area contributed by atoms with E-state index in [1.807, 2.05) is 6.07 Å². The van der Waals surface area contributed by atoms with Crippen molar-refractivity contribution >= 4 is 5.52 Å². The summed E-state index contributed by atoms with van der Waals surface area (Å²) in [4.78, 5) is 0. The Hall–Kier alpha value is -2.05. The van der Waals surface area contributed by atoms with Crippen LogP contribution in [0, 0.1) is 18.3 Å². The summed E-state index contributed by atoms with van der Waals surface area (Å²) in [5.41, 5.74) is -0.0641. The van der Waals surface area contributed by atoms with Gasteiger partial charge in [-0.05, 0) is 19.1 Å². The SMILES string of the molecule is Cc1nncn2c([C@]3(C#N)O[C@H](CO)[C@@H](O)[C@H]3O)ccc12. The fourth-order valence-electron chi connectivity index (χ4n) is 2.71. The third-order valence-corrected chi connectivity index (χ3v) is 3.85. The van der Waals surface area contributed by atoms with Gasteiger partial charge in [0.15, 0.2) is 0 Å². The molecule has 0 aliphatic carbocycles. The lowest BCUT2D eigenvalue weighted by Gasteiger charge is -2.24. The van der Waals surface area contributed by atoms with Crippen LogP contribution in [0.3, 0.4) is 0 Å². The quantitative estimate of drug-likeness (QED) is 0.639. The number of nitriles is 1. The zero-order valence-corrected chi connectivity index (χ0v) is 11.2. The fourth-order valence-corrected chi connectivity index (χ4v) is 2.71. The molecule has 0 unspecified atom stereocenters. The van der Waals surface area contributed by atoms with Crippen molar-refractivity contribution in [3.8, 4) is 6.07 Å². The molecule has 2 aromatic rings. The van der Waals surface area contributed by atoms with E-state index >= 15 is 0 Å². The highest BCUT2D eigenvalue weighted by atomic mass is 16.6. The molecule has 0 radical (unpaired) electrons. The average Bonchev–Trinajstić information content (AvgIpc) is 3.03. The van der Waals surface area contributed by atoms with E-state index in [0.717, 1.165) is 0 Å². The largest absolute Gasteiger partial charge is 0.394 e. The molecule has 3 rings (SSSR count). The molecule has 0 bridgehead atoms. The van der Waals surface area contributed by atoms with Crippen molar-refractivity contribution in [2.45, 2.75) is 30.8 Å². The molecule has 0 aromatic carbocycles. The van der Waals surface area contributed by atoms with E-state index < -0.39 is 30.5 Å². The fraction of sp³-hybridized carbons (Fsp3) is 0.462. The lowest BCUT2D eigenvalue weighted by atomic mass is 9.92. The van der Waals surface area contributed by atoms with Gasteiger partial charge in [0.05, 0.1) is 23.5 Å². The monoisotopic (exact) mass is 290 g/mol. The second-order valence-electron chi connectivity index (χ2n) is 5.01.